The zero-order valence-corrected chi connectivity index (χ0v) is 11.6. The number of pyridine rings is 1. The Hall–Kier alpha value is -2.40. The molecule has 5 nitrogen and oxygen atoms in total. The number of anilines is 1. The van der Waals surface area contributed by atoms with Gasteiger partial charge in [0.05, 0.1) is 17.4 Å². The molecule has 0 spiro atoms. The highest BCUT2D eigenvalue weighted by Crippen LogP contribution is 2.19. The maximum Gasteiger partial charge on any atom is 0.140 e. The van der Waals surface area contributed by atoms with Crippen molar-refractivity contribution in [1.29, 1.82) is 0 Å². The lowest BCUT2D eigenvalue weighted by Gasteiger charge is -2.07. The van der Waals surface area contributed by atoms with Crippen LogP contribution in [-0.4, -0.2) is 14.5 Å². The Bertz CT molecular complexity index is 760. The number of rotatable bonds is 3. The van der Waals surface area contributed by atoms with E-state index in [1.807, 2.05) is 18.5 Å². The number of imidazole rings is 1. The number of aromatic nitrogens is 3. The van der Waals surface area contributed by atoms with Crippen LogP contribution in [0.25, 0.3) is 11.0 Å². The van der Waals surface area contributed by atoms with Crippen molar-refractivity contribution in [3.63, 3.8) is 0 Å². The molecule has 3 rings (SSSR count). The molecular weight excluding hydrogens is 250 g/mol. The van der Waals surface area contributed by atoms with Crippen LogP contribution in [-0.2, 0) is 6.54 Å². The van der Waals surface area contributed by atoms with E-state index in [0.29, 0.717) is 5.82 Å². The molecule has 0 aliphatic rings. The van der Waals surface area contributed by atoms with Crippen molar-refractivity contribution >= 4 is 16.9 Å². The van der Waals surface area contributed by atoms with Gasteiger partial charge < -0.3 is 9.99 Å². The first kappa shape index (κ1) is 12.6. The van der Waals surface area contributed by atoms with E-state index in [9.17, 15) is 0 Å². The molecule has 3 aromatic rings. The maximum absolute atomic E-state index is 5.39. The van der Waals surface area contributed by atoms with Gasteiger partial charge in [-0.3, -0.25) is 0 Å². The molecule has 2 heterocycles. The normalized spacial score (nSPS) is 10.9. The van der Waals surface area contributed by atoms with Gasteiger partial charge in [-0.05, 0) is 54.8 Å². The molecule has 5 heteroatoms. The van der Waals surface area contributed by atoms with E-state index < -0.39 is 0 Å². The standard InChI is InChI=1S/C15H17N5/c1-10-5-13-14(6-11(10)2)20(9-18-13)8-12-3-4-17-15(7-12)19-16/h3-7,9H,8,16H2,1-2H3,(H,17,19). The van der Waals surface area contributed by atoms with Gasteiger partial charge >= 0.3 is 0 Å². The number of aryl methyl sites for hydroxylation is 2. The molecule has 0 fully saturated rings. The monoisotopic (exact) mass is 267 g/mol. The number of nitrogens with two attached hydrogens (primary N) is 1. The smallest absolute Gasteiger partial charge is 0.140 e. The highest BCUT2D eigenvalue weighted by Gasteiger charge is 2.06. The van der Waals surface area contributed by atoms with E-state index in [-0.39, 0.29) is 0 Å². The van der Waals surface area contributed by atoms with Crippen LogP contribution in [0.4, 0.5) is 5.82 Å². The summed E-state index contributed by atoms with van der Waals surface area (Å²) in [6.45, 7) is 4.97. The van der Waals surface area contributed by atoms with Gasteiger partial charge in [0.25, 0.3) is 0 Å². The summed E-state index contributed by atoms with van der Waals surface area (Å²) in [6.07, 6.45) is 3.62. The summed E-state index contributed by atoms with van der Waals surface area (Å²) < 4.78 is 2.14. The molecule has 0 aliphatic carbocycles. The summed E-state index contributed by atoms with van der Waals surface area (Å²) in [7, 11) is 0. The molecule has 102 valence electrons. The Morgan fingerprint density at radius 2 is 1.95 bits per heavy atom. The molecule has 2 aromatic heterocycles. The summed E-state index contributed by atoms with van der Waals surface area (Å²) in [6, 6.07) is 8.22. The first-order valence-electron chi connectivity index (χ1n) is 6.51. The first-order valence-corrected chi connectivity index (χ1v) is 6.51. The number of hydrazine groups is 1. The van der Waals surface area contributed by atoms with Crippen LogP contribution in [0, 0.1) is 13.8 Å². The molecule has 20 heavy (non-hydrogen) atoms. The lowest BCUT2D eigenvalue weighted by atomic mass is 10.1. The van der Waals surface area contributed by atoms with Crippen molar-refractivity contribution in [2.75, 3.05) is 5.43 Å². The predicted molar refractivity (Wildman–Crippen MR) is 80.4 cm³/mol. The van der Waals surface area contributed by atoms with Crippen LogP contribution < -0.4 is 11.3 Å². The van der Waals surface area contributed by atoms with Crippen molar-refractivity contribution in [2.24, 2.45) is 5.84 Å². The van der Waals surface area contributed by atoms with Gasteiger partial charge in [-0.2, -0.15) is 0 Å². The second kappa shape index (κ2) is 4.94. The molecule has 0 saturated heterocycles. The minimum atomic E-state index is 0.666. The molecular formula is C15H17N5. The third-order valence-electron chi connectivity index (χ3n) is 3.56. The summed E-state index contributed by atoms with van der Waals surface area (Å²) in [5.41, 5.74) is 8.41. The average molecular weight is 267 g/mol. The molecule has 0 atom stereocenters. The van der Waals surface area contributed by atoms with Crippen LogP contribution in [0.2, 0.25) is 0 Å². The van der Waals surface area contributed by atoms with Crippen molar-refractivity contribution < 1.29 is 0 Å². The van der Waals surface area contributed by atoms with Crippen LogP contribution >= 0.6 is 0 Å². The molecule has 0 radical (unpaired) electrons. The van der Waals surface area contributed by atoms with Gasteiger partial charge in [0.15, 0.2) is 0 Å². The third kappa shape index (κ3) is 2.23. The van der Waals surface area contributed by atoms with E-state index in [2.05, 4.69) is 45.9 Å². The third-order valence-corrected chi connectivity index (χ3v) is 3.56. The highest BCUT2D eigenvalue weighted by molar-refractivity contribution is 5.77. The molecule has 0 saturated carbocycles. The van der Waals surface area contributed by atoms with E-state index in [4.69, 9.17) is 5.84 Å². The lowest BCUT2D eigenvalue weighted by molar-refractivity contribution is 0.822. The number of nitrogen functional groups attached to an aromatic ring is 1. The minimum absolute atomic E-state index is 0.666. The van der Waals surface area contributed by atoms with Crippen LogP contribution in [0.1, 0.15) is 16.7 Å². The largest absolute Gasteiger partial charge is 0.326 e. The quantitative estimate of drug-likeness (QED) is 0.564. The first-order chi connectivity index (χ1) is 9.67. The Morgan fingerprint density at radius 1 is 1.15 bits per heavy atom. The van der Waals surface area contributed by atoms with Crippen molar-refractivity contribution in [3.8, 4) is 0 Å². The number of hydrogen-bond acceptors (Lipinski definition) is 4. The van der Waals surface area contributed by atoms with Crippen molar-refractivity contribution in [2.45, 2.75) is 20.4 Å². The fourth-order valence-electron chi connectivity index (χ4n) is 2.29. The predicted octanol–water partition coefficient (Wildman–Crippen LogP) is 2.38. The zero-order valence-electron chi connectivity index (χ0n) is 11.6. The van der Waals surface area contributed by atoms with Gasteiger partial charge in [-0.15, -0.1) is 0 Å². The number of fused-ring (bicyclic) bond motifs is 1. The number of benzene rings is 1. The SMILES string of the molecule is Cc1cc2ncn(Cc3ccnc(NN)c3)c2cc1C. The molecule has 3 N–H and O–H groups in total. The topological polar surface area (TPSA) is 68.8 Å². The van der Waals surface area contributed by atoms with Crippen LogP contribution in [0.3, 0.4) is 0 Å². The molecule has 0 aliphatic heterocycles. The Labute approximate surface area is 117 Å². The van der Waals surface area contributed by atoms with Gasteiger partial charge in [0.1, 0.15) is 5.82 Å². The summed E-state index contributed by atoms with van der Waals surface area (Å²) in [4.78, 5) is 8.58. The van der Waals surface area contributed by atoms with Gasteiger partial charge in [-0.1, -0.05) is 0 Å². The van der Waals surface area contributed by atoms with E-state index in [0.717, 1.165) is 23.1 Å². The van der Waals surface area contributed by atoms with E-state index >= 15 is 0 Å². The van der Waals surface area contributed by atoms with Gasteiger partial charge in [0.2, 0.25) is 0 Å². The fourth-order valence-corrected chi connectivity index (χ4v) is 2.29. The average Bonchev–Trinajstić information content (AvgIpc) is 2.82. The second-order valence-electron chi connectivity index (χ2n) is 4.99. The molecule has 1 aromatic carbocycles. The van der Waals surface area contributed by atoms with E-state index in [1.54, 1.807) is 6.20 Å². The van der Waals surface area contributed by atoms with Gasteiger partial charge in [0, 0.05) is 12.7 Å². The number of hydrogen-bond donors (Lipinski definition) is 2. The van der Waals surface area contributed by atoms with Crippen molar-refractivity contribution in [3.05, 3.63) is 53.5 Å². The second-order valence-corrected chi connectivity index (χ2v) is 4.99. The Morgan fingerprint density at radius 3 is 2.75 bits per heavy atom. The van der Waals surface area contributed by atoms with Gasteiger partial charge in [-0.25, -0.2) is 15.8 Å². The molecule has 0 amide bonds. The van der Waals surface area contributed by atoms with Crippen molar-refractivity contribution in [1.82, 2.24) is 14.5 Å². The highest BCUT2D eigenvalue weighted by atomic mass is 15.2. The maximum atomic E-state index is 5.39. The van der Waals surface area contributed by atoms with Crippen LogP contribution in [0.5, 0.6) is 0 Å². The summed E-state index contributed by atoms with van der Waals surface area (Å²) in [5, 5.41) is 0. The summed E-state index contributed by atoms with van der Waals surface area (Å²) >= 11 is 0. The lowest BCUT2D eigenvalue weighted by Crippen LogP contribution is -2.09. The number of nitrogens with zero attached hydrogens (tertiary/aromatic N) is 3. The van der Waals surface area contributed by atoms with E-state index in [1.165, 1.54) is 11.1 Å². The number of nitrogens with one attached hydrogen (secondary N) is 1. The summed E-state index contributed by atoms with van der Waals surface area (Å²) in [5.74, 6) is 6.05. The minimum Gasteiger partial charge on any atom is -0.326 e. The Kier molecular flexibility index (Phi) is 3.12. The zero-order chi connectivity index (χ0) is 14.1. The molecule has 0 unspecified atom stereocenters. The fraction of sp³-hybridized carbons (Fsp3) is 0.200. The van der Waals surface area contributed by atoms with Crippen LogP contribution in [0.15, 0.2) is 36.8 Å². The molecule has 0 bridgehead atoms. The Balaban J connectivity index is 2.00.